The number of benzene rings is 1. The summed E-state index contributed by atoms with van der Waals surface area (Å²) in [6.45, 7) is 4.77. The van der Waals surface area contributed by atoms with Crippen LogP contribution in [0.1, 0.15) is 19.4 Å². The van der Waals surface area contributed by atoms with Crippen molar-refractivity contribution in [3.8, 4) is 0 Å². The predicted molar refractivity (Wildman–Crippen MR) is 79.5 cm³/mol. The van der Waals surface area contributed by atoms with Gasteiger partial charge in [-0.05, 0) is 38.0 Å². The lowest BCUT2D eigenvalue weighted by Crippen LogP contribution is -2.06. The van der Waals surface area contributed by atoms with Crippen molar-refractivity contribution in [3.63, 3.8) is 0 Å². The van der Waals surface area contributed by atoms with Crippen molar-refractivity contribution in [1.29, 1.82) is 0 Å². The minimum atomic E-state index is -3.08. The Morgan fingerprint density at radius 1 is 1.11 bits per heavy atom. The maximum Gasteiger partial charge on any atom is 0.356 e. The van der Waals surface area contributed by atoms with Crippen molar-refractivity contribution >= 4 is 23.5 Å². The van der Waals surface area contributed by atoms with E-state index in [2.05, 4.69) is 15.9 Å². The van der Waals surface area contributed by atoms with Gasteiger partial charge in [-0.2, -0.15) is 0 Å². The van der Waals surface area contributed by atoms with Crippen molar-refractivity contribution < 1.29 is 18.3 Å². The van der Waals surface area contributed by atoms with Gasteiger partial charge in [0, 0.05) is 4.47 Å². The Bertz CT molecular complexity index is 398. The largest absolute Gasteiger partial charge is 0.368 e. The molecule has 0 aliphatic rings. The Labute approximate surface area is 123 Å². The summed E-state index contributed by atoms with van der Waals surface area (Å²) in [7, 11) is -3.08. The van der Waals surface area contributed by atoms with Crippen LogP contribution in [0.5, 0.6) is 0 Å². The molecule has 0 amide bonds. The number of hydrogen-bond acceptors (Lipinski definition) is 4. The molecule has 0 N–H and O–H groups in total. The predicted octanol–water partition coefficient (Wildman–Crippen LogP) is 4.23. The number of ether oxygens (including phenoxy) is 1. The topological polar surface area (TPSA) is 44.8 Å². The second kappa shape index (κ2) is 8.88. The van der Waals surface area contributed by atoms with E-state index < -0.39 is 7.60 Å². The SMILES string of the molecule is CCOP(=O)(COCCc1ccc(Br)cc1)OCC. The van der Waals surface area contributed by atoms with Gasteiger partial charge in [0.2, 0.25) is 0 Å². The van der Waals surface area contributed by atoms with E-state index in [9.17, 15) is 4.57 Å². The van der Waals surface area contributed by atoms with Crippen molar-refractivity contribution in [3.05, 3.63) is 34.3 Å². The van der Waals surface area contributed by atoms with Crippen molar-refractivity contribution in [2.24, 2.45) is 0 Å². The molecule has 0 radical (unpaired) electrons. The van der Waals surface area contributed by atoms with Crippen molar-refractivity contribution in [2.75, 3.05) is 26.2 Å². The van der Waals surface area contributed by atoms with Gasteiger partial charge in [-0.1, -0.05) is 28.1 Å². The average molecular weight is 351 g/mol. The normalized spacial score (nSPS) is 11.7. The fourth-order valence-corrected chi connectivity index (χ4v) is 3.15. The molecule has 1 aromatic carbocycles. The van der Waals surface area contributed by atoms with Gasteiger partial charge >= 0.3 is 7.60 Å². The Kier molecular flexibility index (Phi) is 7.88. The smallest absolute Gasteiger partial charge is 0.356 e. The van der Waals surface area contributed by atoms with Gasteiger partial charge in [0.05, 0.1) is 19.8 Å². The molecule has 0 aliphatic heterocycles. The van der Waals surface area contributed by atoms with Gasteiger partial charge in [-0.3, -0.25) is 4.57 Å². The second-order valence-corrected chi connectivity index (χ2v) is 6.77. The molecule has 19 heavy (non-hydrogen) atoms. The Hall–Kier alpha value is -0.190. The van der Waals surface area contributed by atoms with Gasteiger partial charge in [0.15, 0.2) is 0 Å². The van der Waals surface area contributed by atoms with Gasteiger partial charge in [0.25, 0.3) is 0 Å². The zero-order chi connectivity index (χ0) is 14.1. The third-order valence-corrected chi connectivity index (χ3v) is 4.68. The monoisotopic (exact) mass is 350 g/mol. The van der Waals surface area contributed by atoms with E-state index in [0.717, 1.165) is 10.9 Å². The molecule has 0 spiro atoms. The first-order valence-electron chi connectivity index (χ1n) is 6.30. The van der Waals surface area contributed by atoms with Crippen LogP contribution in [0.2, 0.25) is 0 Å². The molecule has 6 heteroatoms. The van der Waals surface area contributed by atoms with E-state index in [1.807, 2.05) is 24.3 Å². The Morgan fingerprint density at radius 2 is 1.68 bits per heavy atom. The molecule has 0 bridgehead atoms. The summed E-state index contributed by atoms with van der Waals surface area (Å²) in [5.74, 6) is 0. The standard InChI is InChI=1S/C13H20BrO4P/c1-3-17-19(15,18-4-2)11-16-10-9-12-5-7-13(14)8-6-12/h5-8H,3-4,9-11H2,1-2H3. The summed E-state index contributed by atoms with van der Waals surface area (Å²) in [6, 6.07) is 8.03. The highest BCUT2D eigenvalue weighted by molar-refractivity contribution is 9.10. The Morgan fingerprint density at radius 3 is 2.21 bits per heavy atom. The quantitative estimate of drug-likeness (QED) is 0.493. The van der Waals surface area contributed by atoms with E-state index >= 15 is 0 Å². The summed E-state index contributed by atoms with van der Waals surface area (Å²) < 4.78 is 28.8. The average Bonchev–Trinajstić information content (AvgIpc) is 2.37. The van der Waals surface area contributed by atoms with Gasteiger partial charge < -0.3 is 13.8 Å². The lowest BCUT2D eigenvalue weighted by Gasteiger charge is -2.16. The first-order chi connectivity index (χ1) is 9.09. The number of halogens is 1. The first kappa shape index (κ1) is 16.9. The lowest BCUT2D eigenvalue weighted by molar-refractivity contribution is 0.134. The molecule has 0 atom stereocenters. The maximum atomic E-state index is 12.1. The highest BCUT2D eigenvalue weighted by atomic mass is 79.9. The molecule has 0 saturated heterocycles. The van der Waals surface area contributed by atoms with Crippen LogP contribution in [0.25, 0.3) is 0 Å². The molecule has 0 heterocycles. The summed E-state index contributed by atoms with van der Waals surface area (Å²) >= 11 is 3.39. The highest BCUT2D eigenvalue weighted by Gasteiger charge is 2.23. The molecule has 0 fully saturated rings. The molecular formula is C13H20BrO4P. The zero-order valence-corrected chi connectivity index (χ0v) is 13.8. The van der Waals surface area contributed by atoms with Crippen LogP contribution in [0.4, 0.5) is 0 Å². The number of rotatable bonds is 9. The molecule has 0 aromatic heterocycles. The van der Waals surface area contributed by atoms with Crippen molar-refractivity contribution in [2.45, 2.75) is 20.3 Å². The molecular weight excluding hydrogens is 331 g/mol. The maximum absolute atomic E-state index is 12.1. The first-order valence-corrected chi connectivity index (χ1v) is 8.82. The minimum absolute atomic E-state index is 0.00517. The van der Waals surface area contributed by atoms with Crippen LogP contribution in [0.3, 0.4) is 0 Å². The molecule has 4 nitrogen and oxygen atoms in total. The highest BCUT2D eigenvalue weighted by Crippen LogP contribution is 2.47. The van der Waals surface area contributed by atoms with Crippen LogP contribution < -0.4 is 0 Å². The second-order valence-electron chi connectivity index (χ2n) is 3.86. The van der Waals surface area contributed by atoms with Gasteiger partial charge in [-0.25, -0.2) is 0 Å². The fraction of sp³-hybridized carbons (Fsp3) is 0.538. The number of hydrogen-bond donors (Lipinski definition) is 0. The molecule has 108 valence electrons. The van der Waals surface area contributed by atoms with E-state index in [0.29, 0.717) is 19.8 Å². The molecule has 0 aliphatic carbocycles. The van der Waals surface area contributed by atoms with E-state index in [-0.39, 0.29) is 6.35 Å². The minimum Gasteiger partial charge on any atom is -0.368 e. The lowest BCUT2D eigenvalue weighted by atomic mass is 10.2. The third kappa shape index (κ3) is 6.68. The molecule has 0 saturated carbocycles. The summed E-state index contributed by atoms with van der Waals surface area (Å²) in [5.41, 5.74) is 1.17. The van der Waals surface area contributed by atoms with Crippen LogP contribution in [-0.4, -0.2) is 26.2 Å². The molecule has 1 rings (SSSR count). The Balaban J connectivity index is 2.32. The molecule has 0 unspecified atom stereocenters. The van der Waals surface area contributed by atoms with Crippen LogP contribution >= 0.6 is 23.5 Å². The van der Waals surface area contributed by atoms with E-state index in [1.165, 1.54) is 5.56 Å². The van der Waals surface area contributed by atoms with Gasteiger partial charge in [-0.15, -0.1) is 0 Å². The summed E-state index contributed by atoms with van der Waals surface area (Å²) in [6.07, 6.45) is 0.775. The summed E-state index contributed by atoms with van der Waals surface area (Å²) in [5, 5.41) is 0. The fourth-order valence-electron chi connectivity index (χ4n) is 1.52. The van der Waals surface area contributed by atoms with Gasteiger partial charge in [0.1, 0.15) is 6.35 Å². The zero-order valence-electron chi connectivity index (χ0n) is 11.3. The summed E-state index contributed by atoms with van der Waals surface area (Å²) in [4.78, 5) is 0. The van der Waals surface area contributed by atoms with Crippen molar-refractivity contribution in [1.82, 2.24) is 0 Å². The van der Waals surface area contributed by atoms with Crippen LogP contribution in [0.15, 0.2) is 28.7 Å². The molecule has 1 aromatic rings. The van der Waals surface area contributed by atoms with Crippen LogP contribution in [-0.2, 0) is 24.8 Å². The van der Waals surface area contributed by atoms with E-state index in [4.69, 9.17) is 13.8 Å². The van der Waals surface area contributed by atoms with Crippen LogP contribution in [0, 0.1) is 0 Å². The van der Waals surface area contributed by atoms with E-state index in [1.54, 1.807) is 13.8 Å². The third-order valence-electron chi connectivity index (χ3n) is 2.35.